The molecule has 0 fully saturated rings. The van der Waals surface area contributed by atoms with Crippen LogP contribution < -0.4 is 25.4 Å². The average Bonchev–Trinajstić information content (AvgIpc) is 3.29. The molecule has 0 spiro atoms. The number of pyridine rings is 1. The first-order chi connectivity index (χ1) is 18.3. The summed E-state index contributed by atoms with van der Waals surface area (Å²) in [4.78, 5) is 16.6. The minimum Gasteiger partial charge on any atom is -0.497 e. The Kier molecular flexibility index (Phi) is 6.56. The van der Waals surface area contributed by atoms with Crippen molar-refractivity contribution < 1.29 is 4.74 Å². The SMILES string of the molecule is COc1ccc(CN2CCC3NN(Cc4ccccc4)c4nc(NCCc5cccnc5)nc2c43)cc1. The summed E-state index contributed by atoms with van der Waals surface area (Å²) in [6.45, 7) is 3.18. The zero-order valence-corrected chi connectivity index (χ0v) is 21.0. The lowest BCUT2D eigenvalue weighted by molar-refractivity contribution is 0.414. The molecule has 2 aromatic carbocycles. The lowest BCUT2D eigenvalue weighted by atomic mass is 10.0. The first-order valence-electron chi connectivity index (χ1n) is 12.8. The van der Waals surface area contributed by atoms with Crippen molar-refractivity contribution in [1.29, 1.82) is 0 Å². The van der Waals surface area contributed by atoms with Gasteiger partial charge in [-0.3, -0.25) is 9.99 Å². The number of hydrogen-bond donors (Lipinski definition) is 2. The van der Waals surface area contributed by atoms with Crippen LogP contribution in [0.25, 0.3) is 0 Å². The molecule has 4 aromatic rings. The van der Waals surface area contributed by atoms with Crippen LogP contribution in [0.4, 0.5) is 17.6 Å². The van der Waals surface area contributed by atoms with E-state index in [-0.39, 0.29) is 6.04 Å². The van der Waals surface area contributed by atoms with Crippen LogP contribution in [0.1, 0.15) is 34.7 Å². The molecule has 0 radical (unpaired) electrons. The molecule has 0 bridgehead atoms. The molecular weight excluding hydrogens is 462 g/mol. The monoisotopic (exact) mass is 493 g/mol. The van der Waals surface area contributed by atoms with Crippen molar-refractivity contribution in [2.75, 3.05) is 35.4 Å². The maximum Gasteiger partial charge on any atom is 0.226 e. The third-order valence-electron chi connectivity index (χ3n) is 6.94. The van der Waals surface area contributed by atoms with E-state index < -0.39 is 0 Å². The number of nitrogens with zero attached hydrogens (tertiary/aromatic N) is 5. The highest BCUT2D eigenvalue weighted by atomic mass is 16.5. The second-order valence-electron chi connectivity index (χ2n) is 9.46. The number of anilines is 3. The summed E-state index contributed by atoms with van der Waals surface area (Å²) in [6, 6.07) is 23.1. The van der Waals surface area contributed by atoms with Gasteiger partial charge in [-0.15, -0.1) is 0 Å². The van der Waals surface area contributed by atoms with Crippen molar-refractivity contribution in [1.82, 2.24) is 20.4 Å². The van der Waals surface area contributed by atoms with Gasteiger partial charge in [0.15, 0.2) is 5.82 Å². The molecule has 0 amide bonds. The van der Waals surface area contributed by atoms with Crippen LogP contribution in [0, 0.1) is 0 Å². The third kappa shape index (κ3) is 5.06. The van der Waals surface area contributed by atoms with E-state index in [9.17, 15) is 0 Å². The molecule has 1 unspecified atom stereocenters. The molecule has 2 aliphatic heterocycles. The number of rotatable bonds is 9. The fourth-order valence-corrected chi connectivity index (χ4v) is 5.05. The summed E-state index contributed by atoms with van der Waals surface area (Å²) < 4.78 is 5.34. The van der Waals surface area contributed by atoms with Crippen LogP contribution in [0.3, 0.4) is 0 Å². The molecule has 4 heterocycles. The molecular formula is C29H31N7O. The van der Waals surface area contributed by atoms with Crippen molar-refractivity contribution >= 4 is 17.6 Å². The van der Waals surface area contributed by atoms with Gasteiger partial charge in [-0.1, -0.05) is 48.5 Å². The average molecular weight is 494 g/mol. The Morgan fingerprint density at radius 2 is 1.70 bits per heavy atom. The van der Waals surface area contributed by atoms with E-state index in [1.165, 1.54) is 22.3 Å². The van der Waals surface area contributed by atoms with Gasteiger partial charge in [-0.05, 0) is 47.7 Å². The van der Waals surface area contributed by atoms with Gasteiger partial charge in [-0.25, -0.2) is 5.43 Å². The van der Waals surface area contributed by atoms with E-state index in [1.807, 2.05) is 30.5 Å². The highest BCUT2D eigenvalue weighted by molar-refractivity contribution is 5.68. The fourth-order valence-electron chi connectivity index (χ4n) is 5.05. The molecule has 0 aliphatic carbocycles. The van der Waals surface area contributed by atoms with Crippen LogP contribution in [0.2, 0.25) is 0 Å². The lowest BCUT2D eigenvalue weighted by Gasteiger charge is -2.32. The Bertz CT molecular complexity index is 1330. The molecule has 6 rings (SSSR count). The van der Waals surface area contributed by atoms with Crippen LogP contribution in [-0.2, 0) is 19.5 Å². The third-order valence-corrected chi connectivity index (χ3v) is 6.94. The van der Waals surface area contributed by atoms with Crippen molar-refractivity contribution in [2.24, 2.45) is 0 Å². The molecule has 0 saturated carbocycles. The summed E-state index contributed by atoms with van der Waals surface area (Å²) in [5, 5.41) is 5.66. The Morgan fingerprint density at radius 1 is 0.919 bits per heavy atom. The maximum atomic E-state index is 5.34. The smallest absolute Gasteiger partial charge is 0.226 e. The van der Waals surface area contributed by atoms with Crippen molar-refractivity contribution in [3.8, 4) is 5.75 Å². The van der Waals surface area contributed by atoms with Crippen molar-refractivity contribution in [3.05, 3.63) is 101 Å². The summed E-state index contributed by atoms with van der Waals surface area (Å²) in [5.41, 5.74) is 8.55. The van der Waals surface area contributed by atoms with E-state index in [2.05, 4.69) is 68.1 Å². The molecule has 2 N–H and O–H groups in total. The maximum absolute atomic E-state index is 5.34. The lowest BCUT2D eigenvalue weighted by Crippen LogP contribution is -2.37. The Hall–Kier alpha value is -4.17. The largest absolute Gasteiger partial charge is 0.497 e. The summed E-state index contributed by atoms with van der Waals surface area (Å²) in [5.74, 6) is 3.48. The van der Waals surface area contributed by atoms with Gasteiger partial charge in [0.25, 0.3) is 0 Å². The standard InChI is InChI=1S/C29H31N7O/c1-37-24-11-9-23(10-12-24)19-35-17-14-25-26-27(35)32-29(31-16-13-21-8-5-15-30-18-21)33-28(26)36(34-25)20-22-6-3-2-4-7-22/h2-12,15,18,25,34H,13-14,16-17,19-20H2,1H3,(H,31,32,33). The van der Waals surface area contributed by atoms with Crippen molar-refractivity contribution in [2.45, 2.75) is 32.0 Å². The molecule has 8 heteroatoms. The minimum absolute atomic E-state index is 0.213. The quantitative estimate of drug-likeness (QED) is 0.353. The van der Waals surface area contributed by atoms with E-state index in [0.29, 0.717) is 5.95 Å². The van der Waals surface area contributed by atoms with Gasteiger partial charge in [0, 0.05) is 32.0 Å². The van der Waals surface area contributed by atoms with Gasteiger partial charge in [0.2, 0.25) is 5.95 Å². The summed E-state index contributed by atoms with van der Waals surface area (Å²) >= 11 is 0. The van der Waals surface area contributed by atoms with E-state index >= 15 is 0 Å². The number of hydrogen-bond acceptors (Lipinski definition) is 8. The molecule has 188 valence electrons. The summed E-state index contributed by atoms with van der Waals surface area (Å²) in [6.07, 6.45) is 5.56. The number of benzene rings is 2. The van der Waals surface area contributed by atoms with Gasteiger partial charge >= 0.3 is 0 Å². The highest BCUT2D eigenvalue weighted by Gasteiger charge is 2.38. The Balaban J connectivity index is 1.29. The first kappa shape index (κ1) is 23.2. The topological polar surface area (TPSA) is 78.4 Å². The second-order valence-corrected chi connectivity index (χ2v) is 9.46. The zero-order chi connectivity index (χ0) is 25.0. The van der Waals surface area contributed by atoms with Crippen LogP contribution >= 0.6 is 0 Å². The van der Waals surface area contributed by atoms with Crippen LogP contribution in [0.15, 0.2) is 79.1 Å². The van der Waals surface area contributed by atoms with Crippen molar-refractivity contribution in [3.63, 3.8) is 0 Å². The highest BCUT2D eigenvalue weighted by Crippen LogP contribution is 2.44. The molecule has 2 aliphatic rings. The van der Waals surface area contributed by atoms with E-state index in [4.69, 9.17) is 14.7 Å². The number of aromatic nitrogens is 3. The van der Waals surface area contributed by atoms with Crippen LogP contribution in [-0.4, -0.2) is 35.2 Å². The number of ether oxygens (including phenoxy) is 1. The number of methoxy groups -OCH3 is 1. The zero-order valence-electron chi connectivity index (χ0n) is 21.0. The van der Waals surface area contributed by atoms with Gasteiger partial charge in [-0.2, -0.15) is 9.97 Å². The normalized spacial score (nSPS) is 16.0. The van der Waals surface area contributed by atoms with Gasteiger partial charge in [0.1, 0.15) is 11.6 Å². The predicted octanol–water partition coefficient (Wildman–Crippen LogP) is 4.51. The summed E-state index contributed by atoms with van der Waals surface area (Å²) in [7, 11) is 1.70. The Labute approximate surface area is 217 Å². The van der Waals surface area contributed by atoms with Gasteiger partial charge < -0.3 is 15.0 Å². The molecule has 0 saturated heterocycles. The molecule has 2 aromatic heterocycles. The second kappa shape index (κ2) is 10.4. The Morgan fingerprint density at radius 3 is 2.49 bits per heavy atom. The number of hydrazine groups is 1. The predicted molar refractivity (Wildman–Crippen MR) is 146 cm³/mol. The fraction of sp³-hybridized carbons (Fsp3) is 0.276. The first-order valence-corrected chi connectivity index (χ1v) is 12.8. The number of nitrogens with one attached hydrogen (secondary N) is 2. The minimum atomic E-state index is 0.213. The van der Waals surface area contributed by atoms with E-state index in [1.54, 1.807) is 13.3 Å². The molecule has 8 nitrogen and oxygen atoms in total. The van der Waals surface area contributed by atoms with Gasteiger partial charge in [0.05, 0.1) is 25.3 Å². The van der Waals surface area contributed by atoms with E-state index in [0.717, 1.165) is 56.4 Å². The molecule has 1 atom stereocenters. The van der Waals surface area contributed by atoms with Crippen LogP contribution in [0.5, 0.6) is 5.75 Å². The molecule has 37 heavy (non-hydrogen) atoms.